The van der Waals surface area contributed by atoms with Gasteiger partial charge in [0.25, 0.3) is 11.8 Å². The van der Waals surface area contributed by atoms with Crippen molar-refractivity contribution in [3.05, 3.63) is 35.4 Å². The van der Waals surface area contributed by atoms with E-state index in [0.29, 0.717) is 4.90 Å². The molecule has 1 heterocycles. The molecular formula is C10H7F3N2O4S. The molecule has 0 radical (unpaired) electrons. The van der Waals surface area contributed by atoms with Gasteiger partial charge in [0.15, 0.2) is 0 Å². The smallest absolute Gasteiger partial charge is 0.269 e. The summed E-state index contributed by atoms with van der Waals surface area (Å²) in [5.74, 6) is -1.70. The average Bonchev–Trinajstić information content (AvgIpc) is 2.59. The maximum absolute atomic E-state index is 12.1. The Morgan fingerprint density at radius 3 is 1.90 bits per heavy atom. The molecule has 0 fully saturated rings. The van der Waals surface area contributed by atoms with Gasteiger partial charge in [-0.15, -0.1) is 0 Å². The minimum absolute atomic E-state index is 0.0173. The molecule has 10 heteroatoms. The van der Waals surface area contributed by atoms with E-state index in [-0.39, 0.29) is 11.1 Å². The van der Waals surface area contributed by atoms with E-state index in [1.807, 2.05) is 0 Å². The summed E-state index contributed by atoms with van der Waals surface area (Å²) < 4.78 is 59.2. The number of carbonyl (C=O) groups is 2. The topological polar surface area (TPSA) is 83.6 Å². The molecule has 1 aromatic rings. The number of alkyl halides is 3. The van der Waals surface area contributed by atoms with E-state index < -0.39 is 34.0 Å². The van der Waals surface area contributed by atoms with Crippen LogP contribution in [-0.4, -0.2) is 37.3 Å². The lowest BCUT2D eigenvalue weighted by atomic mass is 10.1. The summed E-state index contributed by atoms with van der Waals surface area (Å²) in [5.41, 5.74) is -5.47. The first-order chi connectivity index (χ1) is 9.15. The van der Waals surface area contributed by atoms with Crippen LogP contribution in [0.4, 0.5) is 13.2 Å². The van der Waals surface area contributed by atoms with Crippen molar-refractivity contribution in [1.29, 1.82) is 0 Å². The number of hydrogen-bond donors (Lipinski definition) is 1. The predicted molar refractivity (Wildman–Crippen MR) is 59.9 cm³/mol. The number of amides is 2. The lowest BCUT2D eigenvalue weighted by Crippen LogP contribution is -2.45. The molecule has 2 amide bonds. The highest BCUT2D eigenvalue weighted by Gasteiger charge is 2.46. The second kappa shape index (κ2) is 4.56. The number of halogens is 3. The molecule has 1 aliphatic rings. The molecule has 0 aliphatic carbocycles. The molecule has 0 saturated heterocycles. The zero-order valence-corrected chi connectivity index (χ0v) is 10.5. The third-order valence-electron chi connectivity index (χ3n) is 2.60. The van der Waals surface area contributed by atoms with E-state index in [2.05, 4.69) is 0 Å². The molecule has 1 aliphatic heterocycles. The van der Waals surface area contributed by atoms with Gasteiger partial charge in [-0.3, -0.25) is 14.5 Å². The van der Waals surface area contributed by atoms with Gasteiger partial charge in [0.1, 0.15) is 0 Å². The minimum Gasteiger partial charge on any atom is -0.269 e. The minimum atomic E-state index is -5.62. The Hall–Kier alpha value is -1.94. The quantitative estimate of drug-likeness (QED) is 0.832. The van der Waals surface area contributed by atoms with Crippen molar-refractivity contribution in [2.45, 2.75) is 5.51 Å². The molecule has 0 unspecified atom stereocenters. The van der Waals surface area contributed by atoms with Crippen molar-refractivity contribution in [3.63, 3.8) is 0 Å². The van der Waals surface area contributed by atoms with Gasteiger partial charge in [0.05, 0.1) is 17.8 Å². The Morgan fingerprint density at radius 1 is 1.05 bits per heavy atom. The van der Waals surface area contributed by atoms with Crippen molar-refractivity contribution < 1.29 is 31.2 Å². The molecular weight excluding hydrogens is 301 g/mol. The van der Waals surface area contributed by atoms with Gasteiger partial charge in [-0.2, -0.15) is 17.9 Å². The first-order valence-electron chi connectivity index (χ1n) is 5.16. The first-order valence-corrected chi connectivity index (χ1v) is 6.64. The van der Waals surface area contributed by atoms with Crippen LogP contribution in [0.5, 0.6) is 0 Å². The van der Waals surface area contributed by atoms with Crippen molar-refractivity contribution in [3.8, 4) is 0 Å². The van der Waals surface area contributed by atoms with Crippen LogP contribution in [0.1, 0.15) is 20.7 Å². The van der Waals surface area contributed by atoms with E-state index in [1.54, 1.807) is 0 Å². The van der Waals surface area contributed by atoms with Gasteiger partial charge in [-0.05, 0) is 12.1 Å². The van der Waals surface area contributed by atoms with Crippen LogP contribution in [0.25, 0.3) is 0 Å². The van der Waals surface area contributed by atoms with E-state index in [1.165, 1.54) is 29.0 Å². The monoisotopic (exact) mass is 308 g/mol. The second-order valence-corrected chi connectivity index (χ2v) is 5.59. The number of sulfonamides is 1. The lowest BCUT2D eigenvalue weighted by Gasteiger charge is -2.15. The Bertz CT molecular complexity index is 649. The van der Waals surface area contributed by atoms with Crippen molar-refractivity contribution in [2.24, 2.45) is 0 Å². The Morgan fingerprint density at radius 2 is 1.50 bits per heavy atom. The van der Waals surface area contributed by atoms with E-state index in [9.17, 15) is 31.2 Å². The first kappa shape index (κ1) is 14.5. The standard InChI is InChI=1S/C10H7F3N2O4S/c11-10(12,13)20(18,19)14-5-15-8(16)6-3-1-2-4-7(6)9(15)17/h1-4,14H,5H2. The summed E-state index contributed by atoms with van der Waals surface area (Å²) in [4.78, 5) is 23.9. The number of rotatable bonds is 3. The van der Waals surface area contributed by atoms with Crippen molar-refractivity contribution >= 4 is 21.8 Å². The lowest BCUT2D eigenvalue weighted by molar-refractivity contribution is -0.0450. The van der Waals surface area contributed by atoms with E-state index >= 15 is 0 Å². The zero-order valence-electron chi connectivity index (χ0n) is 9.64. The number of nitrogens with one attached hydrogen (secondary N) is 1. The number of fused-ring (bicyclic) bond motifs is 1. The fourth-order valence-electron chi connectivity index (χ4n) is 1.61. The normalized spacial score (nSPS) is 15.7. The van der Waals surface area contributed by atoms with Gasteiger partial charge < -0.3 is 0 Å². The highest BCUT2D eigenvalue weighted by molar-refractivity contribution is 7.90. The zero-order chi connectivity index (χ0) is 15.1. The largest absolute Gasteiger partial charge is 0.511 e. The van der Waals surface area contributed by atoms with Gasteiger partial charge in [0.2, 0.25) is 0 Å². The number of hydrogen-bond acceptors (Lipinski definition) is 4. The number of nitrogens with zero attached hydrogens (tertiary/aromatic N) is 1. The molecule has 6 nitrogen and oxygen atoms in total. The summed E-state index contributed by atoms with van der Waals surface area (Å²) in [7, 11) is -5.62. The fourth-order valence-corrected chi connectivity index (χ4v) is 2.08. The molecule has 108 valence electrons. The Labute approximate surface area is 111 Å². The molecule has 0 aromatic heterocycles. The van der Waals surface area contributed by atoms with Gasteiger partial charge in [0, 0.05) is 0 Å². The average molecular weight is 308 g/mol. The highest BCUT2D eigenvalue weighted by atomic mass is 32.2. The highest BCUT2D eigenvalue weighted by Crippen LogP contribution is 2.24. The Kier molecular flexibility index (Phi) is 3.30. The number of imide groups is 1. The van der Waals surface area contributed by atoms with Crippen LogP contribution in [0.3, 0.4) is 0 Å². The van der Waals surface area contributed by atoms with Gasteiger partial charge in [-0.1, -0.05) is 12.1 Å². The number of benzene rings is 1. The van der Waals surface area contributed by atoms with Crippen LogP contribution >= 0.6 is 0 Å². The van der Waals surface area contributed by atoms with Crippen molar-refractivity contribution in [1.82, 2.24) is 9.62 Å². The molecule has 1 N–H and O–H groups in total. The molecule has 0 saturated carbocycles. The van der Waals surface area contributed by atoms with Crippen LogP contribution in [-0.2, 0) is 10.0 Å². The Balaban J connectivity index is 2.19. The molecule has 0 spiro atoms. The SMILES string of the molecule is O=C1c2ccccc2C(=O)N1CNS(=O)(=O)C(F)(F)F. The molecule has 0 atom stereocenters. The predicted octanol–water partition coefficient (Wildman–Crippen LogP) is 0.679. The maximum Gasteiger partial charge on any atom is 0.511 e. The van der Waals surface area contributed by atoms with E-state index in [0.717, 1.165) is 0 Å². The fraction of sp³-hybridized carbons (Fsp3) is 0.200. The molecule has 20 heavy (non-hydrogen) atoms. The maximum atomic E-state index is 12.1. The summed E-state index contributed by atoms with van der Waals surface area (Å²) in [6.45, 7) is -1.08. The summed E-state index contributed by atoms with van der Waals surface area (Å²) >= 11 is 0. The van der Waals surface area contributed by atoms with Crippen LogP contribution < -0.4 is 4.72 Å². The second-order valence-electron chi connectivity index (χ2n) is 3.84. The molecule has 1 aromatic carbocycles. The third kappa shape index (κ3) is 2.27. The van der Waals surface area contributed by atoms with Gasteiger partial charge in [-0.25, -0.2) is 8.42 Å². The van der Waals surface area contributed by atoms with Crippen molar-refractivity contribution in [2.75, 3.05) is 6.67 Å². The van der Waals surface area contributed by atoms with Crippen LogP contribution in [0.15, 0.2) is 24.3 Å². The molecule has 0 bridgehead atoms. The van der Waals surface area contributed by atoms with Crippen LogP contribution in [0.2, 0.25) is 0 Å². The summed E-state index contributed by atoms with van der Waals surface area (Å²) in [6, 6.07) is 5.61. The number of carbonyl (C=O) groups excluding carboxylic acids is 2. The van der Waals surface area contributed by atoms with E-state index in [4.69, 9.17) is 0 Å². The summed E-state index contributed by atoms with van der Waals surface area (Å²) in [6.07, 6.45) is 0. The van der Waals surface area contributed by atoms with Crippen LogP contribution in [0, 0.1) is 0 Å². The summed E-state index contributed by atoms with van der Waals surface area (Å²) in [5, 5.41) is 0. The molecule has 2 rings (SSSR count). The van der Waals surface area contributed by atoms with Gasteiger partial charge >= 0.3 is 15.5 Å². The third-order valence-corrected chi connectivity index (χ3v) is 3.71.